The number of hydrogen-bond acceptors (Lipinski definition) is 6. The maximum Gasteiger partial charge on any atom is 0.244 e. The van der Waals surface area contributed by atoms with Crippen LogP contribution in [0, 0.1) is 6.92 Å². The van der Waals surface area contributed by atoms with Gasteiger partial charge in [0.2, 0.25) is 16.0 Å². The van der Waals surface area contributed by atoms with E-state index >= 15 is 0 Å². The first-order valence-corrected chi connectivity index (χ1v) is 8.46. The molecule has 1 N–H and O–H groups in total. The molecule has 7 nitrogen and oxygen atoms in total. The second kappa shape index (κ2) is 6.93. The van der Waals surface area contributed by atoms with Gasteiger partial charge >= 0.3 is 0 Å². The number of methoxy groups -OCH3 is 1. The summed E-state index contributed by atoms with van der Waals surface area (Å²) in [6, 6.07) is 8.22. The molecule has 0 saturated heterocycles. The molecule has 0 saturated carbocycles. The number of sulfonamides is 1. The van der Waals surface area contributed by atoms with Gasteiger partial charge in [0.15, 0.2) is 0 Å². The Morgan fingerprint density at radius 3 is 2.57 bits per heavy atom. The van der Waals surface area contributed by atoms with Gasteiger partial charge in [0.05, 0.1) is 19.3 Å². The summed E-state index contributed by atoms with van der Waals surface area (Å²) in [4.78, 5) is 10.5. The molecule has 8 heteroatoms. The van der Waals surface area contributed by atoms with Crippen LogP contribution in [0.4, 0.5) is 5.95 Å². The lowest BCUT2D eigenvalue weighted by Gasteiger charge is -2.13. The van der Waals surface area contributed by atoms with Crippen molar-refractivity contribution in [2.45, 2.75) is 18.4 Å². The summed E-state index contributed by atoms with van der Waals surface area (Å²) in [5, 5.41) is 0. The number of nitrogens with one attached hydrogen (secondary N) is 1. The van der Waals surface area contributed by atoms with Crippen molar-refractivity contribution in [1.82, 2.24) is 14.7 Å². The second-order valence-electron chi connectivity index (χ2n) is 5.17. The average molecular weight is 336 g/mol. The topological polar surface area (TPSA) is 84.4 Å². The van der Waals surface area contributed by atoms with E-state index in [2.05, 4.69) is 14.7 Å². The van der Waals surface area contributed by atoms with E-state index in [0.29, 0.717) is 17.4 Å². The Kier molecular flexibility index (Phi) is 5.17. The number of para-hydroxylation sites is 1. The van der Waals surface area contributed by atoms with Crippen LogP contribution < -0.4 is 14.4 Å². The standard InChI is InChI=1S/C15H20N4O3S/c1-11-9-12(18-15(17-11)19(2)3)10-16-23(20,21)14-8-6-5-7-13(14)22-4/h5-9,16H,10H2,1-4H3. The highest BCUT2D eigenvalue weighted by Gasteiger charge is 2.19. The number of aryl methyl sites for hydroxylation is 1. The molecule has 1 heterocycles. The van der Waals surface area contributed by atoms with Crippen LogP contribution in [0.5, 0.6) is 5.75 Å². The molecule has 1 aromatic heterocycles. The van der Waals surface area contributed by atoms with Gasteiger partial charge in [0.25, 0.3) is 0 Å². The highest BCUT2D eigenvalue weighted by molar-refractivity contribution is 7.89. The summed E-state index contributed by atoms with van der Waals surface area (Å²) in [5.41, 5.74) is 1.37. The Morgan fingerprint density at radius 2 is 1.91 bits per heavy atom. The van der Waals surface area contributed by atoms with Gasteiger partial charge in [-0.2, -0.15) is 0 Å². The minimum atomic E-state index is -3.70. The highest BCUT2D eigenvalue weighted by atomic mass is 32.2. The second-order valence-corrected chi connectivity index (χ2v) is 6.91. The first-order valence-electron chi connectivity index (χ1n) is 6.98. The van der Waals surface area contributed by atoms with E-state index in [9.17, 15) is 8.42 Å². The van der Waals surface area contributed by atoms with Gasteiger partial charge < -0.3 is 9.64 Å². The van der Waals surface area contributed by atoms with Crippen molar-refractivity contribution >= 4 is 16.0 Å². The van der Waals surface area contributed by atoms with E-state index in [1.165, 1.54) is 13.2 Å². The van der Waals surface area contributed by atoms with E-state index in [0.717, 1.165) is 5.69 Å². The zero-order valence-corrected chi connectivity index (χ0v) is 14.4. The smallest absolute Gasteiger partial charge is 0.244 e. The van der Waals surface area contributed by atoms with Crippen molar-refractivity contribution < 1.29 is 13.2 Å². The Labute approximate surface area is 136 Å². The predicted octanol–water partition coefficient (Wildman–Crippen LogP) is 1.34. The minimum Gasteiger partial charge on any atom is -0.495 e. The van der Waals surface area contributed by atoms with Crippen molar-refractivity contribution in [3.05, 3.63) is 41.7 Å². The van der Waals surface area contributed by atoms with Crippen molar-refractivity contribution in [2.75, 3.05) is 26.1 Å². The van der Waals surface area contributed by atoms with Crippen LogP contribution in [-0.4, -0.2) is 39.6 Å². The predicted molar refractivity (Wildman–Crippen MR) is 88.1 cm³/mol. The molecule has 0 aliphatic rings. The molecule has 0 amide bonds. The van der Waals surface area contributed by atoms with E-state index in [-0.39, 0.29) is 11.4 Å². The molecule has 0 atom stereocenters. The fourth-order valence-corrected chi connectivity index (χ4v) is 3.16. The van der Waals surface area contributed by atoms with E-state index in [1.807, 2.05) is 21.0 Å². The first-order chi connectivity index (χ1) is 10.8. The Bertz CT molecular complexity index is 791. The molecule has 0 bridgehead atoms. The minimum absolute atomic E-state index is 0.0740. The molecular formula is C15H20N4O3S. The van der Waals surface area contributed by atoms with Gasteiger partial charge in [0.1, 0.15) is 10.6 Å². The molecule has 2 rings (SSSR count). The Balaban J connectivity index is 2.23. The third-order valence-corrected chi connectivity index (χ3v) is 4.54. The number of hydrogen-bond donors (Lipinski definition) is 1. The number of rotatable bonds is 6. The zero-order valence-electron chi connectivity index (χ0n) is 13.6. The number of nitrogens with zero attached hydrogens (tertiary/aromatic N) is 3. The number of aromatic nitrogens is 2. The van der Waals surface area contributed by atoms with Crippen LogP contribution in [0.2, 0.25) is 0 Å². The molecule has 0 spiro atoms. The van der Waals surface area contributed by atoms with E-state index < -0.39 is 10.0 Å². The maximum atomic E-state index is 12.4. The van der Waals surface area contributed by atoms with Crippen LogP contribution in [0.25, 0.3) is 0 Å². The maximum absolute atomic E-state index is 12.4. The summed E-state index contributed by atoms with van der Waals surface area (Å²) in [7, 11) is 1.40. The van der Waals surface area contributed by atoms with Gasteiger partial charge in [0, 0.05) is 19.8 Å². The first kappa shape index (κ1) is 17.2. The lowest BCUT2D eigenvalue weighted by atomic mass is 10.3. The average Bonchev–Trinajstić information content (AvgIpc) is 2.52. The number of benzene rings is 1. The summed E-state index contributed by atoms with van der Waals surface area (Å²) >= 11 is 0. The van der Waals surface area contributed by atoms with Crippen LogP contribution in [0.1, 0.15) is 11.4 Å². The van der Waals surface area contributed by atoms with Crippen molar-refractivity contribution in [3.63, 3.8) is 0 Å². The fourth-order valence-electron chi connectivity index (χ4n) is 1.99. The highest BCUT2D eigenvalue weighted by Crippen LogP contribution is 2.22. The normalized spacial score (nSPS) is 11.3. The molecule has 0 fully saturated rings. The molecule has 0 unspecified atom stereocenters. The summed E-state index contributed by atoms with van der Waals surface area (Å²) in [6.45, 7) is 1.91. The largest absolute Gasteiger partial charge is 0.495 e. The van der Waals surface area contributed by atoms with Crippen LogP contribution >= 0.6 is 0 Å². The third kappa shape index (κ3) is 4.17. The van der Waals surface area contributed by atoms with Crippen molar-refractivity contribution in [3.8, 4) is 5.75 Å². The molecular weight excluding hydrogens is 316 g/mol. The van der Waals surface area contributed by atoms with Gasteiger partial charge in [-0.15, -0.1) is 0 Å². The summed E-state index contributed by atoms with van der Waals surface area (Å²) in [6.07, 6.45) is 0. The molecule has 1 aromatic carbocycles. The van der Waals surface area contributed by atoms with Gasteiger partial charge in [-0.05, 0) is 25.1 Å². The van der Waals surface area contributed by atoms with Crippen LogP contribution in [0.15, 0.2) is 35.2 Å². The molecule has 0 aliphatic heterocycles. The third-order valence-electron chi connectivity index (χ3n) is 3.10. The lowest BCUT2D eigenvalue weighted by Crippen LogP contribution is -2.25. The molecule has 0 aliphatic carbocycles. The quantitative estimate of drug-likeness (QED) is 0.857. The van der Waals surface area contributed by atoms with Crippen molar-refractivity contribution in [2.24, 2.45) is 0 Å². The molecule has 124 valence electrons. The molecule has 23 heavy (non-hydrogen) atoms. The SMILES string of the molecule is COc1ccccc1S(=O)(=O)NCc1cc(C)nc(N(C)C)n1. The van der Waals surface area contributed by atoms with Gasteiger partial charge in [-0.3, -0.25) is 0 Å². The monoisotopic (exact) mass is 336 g/mol. The summed E-state index contributed by atoms with van der Waals surface area (Å²) < 4.78 is 32.5. The molecule has 0 radical (unpaired) electrons. The lowest BCUT2D eigenvalue weighted by molar-refractivity contribution is 0.402. The van der Waals surface area contributed by atoms with Gasteiger partial charge in [-0.1, -0.05) is 12.1 Å². The fraction of sp³-hybridized carbons (Fsp3) is 0.333. The van der Waals surface area contributed by atoms with E-state index in [1.54, 1.807) is 29.2 Å². The molecule has 2 aromatic rings. The summed E-state index contributed by atoms with van der Waals surface area (Å²) in [5.74, 6) is 0.837. The van der Waals surface area contributed by atoms with Crippen LogP contribution in [-0.2, 0) is 16.6 Å². The Hall–Kier alpha value is -2.19. The van der Waals surface area contributed by atoms with Crippen molar-refractivity contribution in [1.29, 1.82) is 0 Å². The van der Waals surface area contributed by atoms with E-state index in [4.69, 9.17) is 4.74 Å². The van der Waals surface area contributed by atoms with Gasteiger partial charge in [-0.25, -0.2) is 23.1 Å². The zero-order chi connectivity index (χ0) is 17.0. The van der Waals surface area contributed by atoms with Crippen LogP contribution in [0.3, 0.4) is 0 Å². The Morgan fingerprint density at radius 1 is 1.22 bits per heavy atom. The number of anilines is 1. The number of ether oxygens (including phenoxy) is 1.